The molecule has 6 heteroatoms. The van der Waals surface area contributed by atoms with Gasteiger partial charge in [0.25, 0.3) is 0 Å². The van der Waals surface area contributed by atoms with Crippen LogP contribution in [0.15, 0.2) is 36.4 Å². The van der Waals surface area contributed by atoms with Crippen LogP contribution in [0.1, 0.15) is 29.3 Å². The van der Waals surface area contributed by atoms with Crippen molar-refractivity contribution in [3.05, 3.63) is 47.5 Å². The predicted molar refractivity (Wildman–Crippen MR) is 108 cm³/mol. The lowest BCUT2D eigenvalue weighted by Crippen LogP contribution is -2.00. The predicted octanol–water partition coefficient (Wildman–Crippen LogP) is 4.41. The number of hydrogen-bond donors (Lipinski definition) is 0. The summed E-state index contributed by atoms with van der Waals surface area (Å²) in [5.41, 5.74) is 1.25. The largest absolute Gasteiger partial charge is 0.493 e. The van der Waals surface area contributed by atoms with Crippen LogP contribution in [0.3, 0.4) is 0 Å². The van der Waals surface area contributed by atoms with Crippen LogP contribution in [0.2, 0.25) is 0 Å². The fraction of sp³-hybridized carbons (Fsp3) is 0.318. The first kappa shape index (κ1) is 21.2. The number of methoxy groups -OCH3 is 4. The fourth-order valence-electron chi connectivity index (χ4n) is 2.61. The second kappa shape index (κ2) is 10.3. The van der Waals surface area contributed by atoms with Crippen molar-refractivity contribution in [1.29, 1.82) is 0 Å². The van der Waals surface area contributed by atoms with Gasteiger partial charge in [0.2, 0.25) is 5.75 Å². The maximum atomic E-state index is 12.6. The summed E-state index contributed by atoms with van der Waals surface area (Å²) in [5.74, 6) is 2.41. The molecule has 0 aromatic heterocycles. The van der Waals surface area contributed by atoms with Crippen LogP contribution in [0.4, 0.5) is 0 Å². The van der Waals surface area contributed by atoms with Crippen LogP contribution in [-0.2, 0) is 0 Å². The molecule has 0 aliphatic heterocycles. The van der Waals surface area contributed by atoms with Crippen molar-refractivity contribution in [1.82, 2.24) is 0 Å². The number of allylic oxidation sites excluding steroid dienone is 1. The van der Waals surface area contributed by atoms with Gasteiger partial charge in [-0.3, -0.25) is 4.79 Å². The van der Waals surface area contributed by atoms with E-state index in [-0.39, 0.29) is 5.78 Å². The number of carbonyl (C=O) groups excluding carboxylic acids is 1. The molecule has 0 amide bonds. The Morgan fingerprint density at radius 3 is 2.04 bits per heavy atom. The van der Waals surface area contributed by atoms with Crippen LogP contribution < -0.4 is 23.7 Å². The van der Waals surface area contributed by atoms with Crippen molar-refractivity contribution in [3.8, 4) is 28.7 Å². The first-order valence-corrected chi connectivity index (χ1v) is 8.91. The highest BCUT2D eigenvalue weighted by molar-refractivity contribution is 6.07. The Bertz CT molecular complexity index is 816. The first-order chi connectivity index (χ1) is 13.6. The van der Waals surface area contributed by atoms with Gasteiger partial charge in [0, 0.05) is 5.56 Å². The van der Waals surface area contributed by atoms with Crippen molar-refractivity contribution < 1.29 is 28.5 Å². The lowest BCUT2D eigenvalue weighted by molar-refractivity contribution is 0.104. The molecule has 0 bridgehead atoms. The van der Waals surface area contributed by atoms with Crippen molar-refractivity contribution >= 4 is 11.9 Å². The Labute approximate surface area is 165 Å². The Morgan fingerprint density at radius 1 is 0.857 bits per heavy atom. The molecule has 2 rings (SSSR count). The van der Waals surface area contributed by atoms with Gasteiger partial charge in [-0.15, -0.1) is 0 Å². The van der Waals surface area contributed by atoms with E-state index in [2.05, 4.69) is 0 Å². The molecule has 0 heterocycles. The lowest BCUT2D eigenvalue weighted by Gasteiger charge is -2.13. The topological polar surface area (TPSA) is 63.2 Å². The van der Waals surface area contributed by atoms with Gasteiger partial charge in [-0.05, 0) is 42.3 Å². The molecule has 0 N–H and O–H groups in total. The Morgan fingerprint density at radius 2 is 1.50 bits per heavy atom. The van der Waals surface area contributed by atoms with E-state index < -0.39 is 0 Å². The summed E-state index contributed by atoms with van der Waals surface area (Å²) in [5, 5.41) is 0. The van der Waals surface area contributed by atoms with E-state index >= 15 is 0 Å². The molecule has 0 aliphatic rings. The van der Waals surface area contributed by atoms with Crippen molar-refractivity contribution in [3.63, 3.8) is 0 Å². The average Bonchev–Trinajstić information content (AvgIpc) is 2.74. The molecule has 0 unspecified atom stereocenters. The number of rotatable bonds is 10. The third kappa shape index (κ3) is 4.97. The normalized spacial score (nSPS) is 10.6. The van der Waals surface area contributed by atoms with E-state index in [1.807, 2.05) is 25.1 Å². The third-order valence-electron chi connectivity index (χ3n) is 4.03. The summed E-state index contributed by atoms with van der Waals surface area (Å²) in [4.78, 5) is 12.6. The van der Waals surface area contributed by atoms with E-state index in [1.165, 1.54) is 27.4 Å². The van der Waals surface area contributed by atoms with Gasteiger partial charge >= 0.3 is 0 Å². The zero-order valence-electron chi connectivity index (χ0n) is 16.9. The molecule has 2 aromatic carbocycles. The summed E-state index contributed by atoms with van der Waals surface area (Å²) in [6, 6.07) is 8.76. The zero-order valence-corrected chi connectivity index (χ0v) is 16.9. The summed E-state index contributed by atoms with van der Waals surface area (Å²) in [6.45, 7) is 2.66. The molecule has 2 aromatic rings. The Kier molecular flexibility index (Phi) is 7.75. The minimum absolute atomic E-state index is 0.190. The van der Waals surface area contributed by atoms with Gasteiger partial charge in [-0.2, -0.15) is 0 Å². The number of ketones is 1. The van der Waals surface area contributed by atoms with Gasteiger partial charge in [0.1, 0.15) is 0 Å². The minimum Gasteiger partial charge on any atom is -0.493 e. The standard InChI is InChI=1S/C22H26O6/c1-6-11-28-18-10-8-15(12-19(18)24-2)7-9-17(23)16-13-20(25-3)22(27-5)21(14-16)26-4/h7-10,12-14H,6,11H2,1-5H3/b9-7+. The molecular weight excluding hydrogens is 360 g/mol. The second-order valence-electron chi connectivity index (χ2n) is 5.87. The van der Waals surface area contributed by atoms with Gasteiger partial charge in [0.05, 0.1) is 35.0 Å². The summed E-state index contributed by atoms with van der Waals surface area (Å²) in [7, 11) is 6.12. The zero-order chi connectivity index (χ0) is 20.5. The van der Waals surface area contributed by atoms with E-state index in [4.69, 9.17) is 23.7 Å². The molecule has 6 nitrogen and oxygen atoms in total. The molecule has 28 heavy (non-hydrogen) atoms. The third-order valence-corrected chi connectivity index (χ3v) is 4.03. The molecule has 0 radical (unpaired) electrons. The SMILES string of the molecule is CCCOc1ccc(/C=C/C(=O)c2cc(OC)c(OC)c(OC)c2)cc1OC. The molecule has 0 saturated heterocycles. The highest BCUT2D eigenvalue weighted by Gasteiger charge is 2.15. The van der Waals surface area contributed by atoms with Crippen LogP contribution in [0, 0.1) is 0 Å². The minimum atomic E-state index is -0.190. The molecule has 0 spiro atoms. The highest BCUT2D eigenvalue weighted by Crippen LogP contribution is 2.38. The number of benzene rings is 2. The van der Waals surface area contributed by atoms with Crippen molar-refractivity contribution in [2.45, 2.75) is 13.3 Å². The van der Waals surface area contributed by atoms with Gasteiger partial charge < -0.3 is 23.7 Å². The van der Waals surface area contributed by atoms with E-state index in [1.54, 1.807) is 25.3 Å². The van der Waals surface area contributed by atoms with Crippen LogP contribution in [0.5, 0.6) is 28.7 Å². The Balaban J connectivity index is 2.26. The summed E-state index contributed by atoms with van der Waals surface area (Å²) < 4.78 is 26.9. The van der Waals surface area contributed by atoms with Crippen molar-refractivity contribution in [2.75, 3.05) is 35.0 Å². The smallest absolute Gasteiger partial charge is 0.203 e. The average molecular weight is 386 g/mol. The maximum absolute atomic E-state index is 12.6. The van der Waals surface area contributed by atoms with Gasteiger partial charge in [-0.25, -0.2) is 0 Å². The van der Waals surface area contributed by atoms with Crippen LogP contribution in [-0.4, -0.2) is 40.8 Å². The molecule has 0 fully saturated rings. The van der Waals surface area contributed by atoms with Gasteiger partial charge in [0.15, 0.2) is 28.8 Å². The number of hydrogen-bond acceptors (Lipinski definition) is 6. The number of carbonyl (C=O) groups is 1. The van der Waals surface area contributed by atoms with E-state index in [9.17, 15) is 4.79 Å². The van der Waals surface area contributed by atoms with Crippen LogP contribution >= 0.6 is 0 Å². The molecule has 0 saturated carbocycles. The van der Waals surface area contributed by atoms with Gasteiger partial charge in [-0.1, -0.05) is 19.1 Å². The van der Waals surface area contributed by atoms with E-state index in [0.717, 1.165) is 12.0 Å². The van der Waals surface area contributed by atoms with Crippen LogP contribution in [0.25, 0.3) is 6.08 Å². The fourth-order valence-corrected chi connectivity index (χ4v) is 2.61. The monoisotopic (exact) mass is 386 g/mol. The maximum Gasteiger partial charge on any atom is 0.203 e. The summed E-state index contributed by atoms with van der Waals surface area (Å²) in [6.07, 6.45) is 4.12. The highest BCUT2D eigenvalue weighted by atomic mass is 16.5. The van der Waals surface area contributed by atoms with E-state index in [0.29, 0.717) is 40.9 Å². The Hall–Kier alpha value is -3.15. The van der Waals surface area contributed by atoms with Crippen molar-refractivity contribution in [2.24, 2.45) is 0 Å². The molecular formula is C22H26O6. The summed E-state index contributed by atoms with van der Waals surface area (Å²) >= 11 is 0. The molecule has 150 valence electrons. The lowest BCUT2D eigenvalue weighted by atomic mass is 10.1. The second-order valence-corrected chi connectivity index (χ2v) is 5.87. The number of ether oxygens (including phenoxy) is 5. The molecule has 0 atom stereocenters. The molecule has 0 aliphatic carbocycles. The first-order valence-electron chi connectivity index (χ1n) is 8.91. The quantitative estimate of drug-likeness (QED) is 0.445.